The second-order valence-corrected chi connectivity index (χ2v) is 8.75. The van der Waals surface area contributed by atoms with Crippen LogP contribution in [0.2, 0.25) is 5.02 Å². The third-order valence-corrected chi connectivity index (χ3v) is 6.57. The number of para-hydroxylation sites is 1. The highest BCUT2D eigenvalue weighted by molar-refractivity contribution is 6.32. The molecule has 33 heavy (non-hydrogen) atoms. The van der Waals surface area contributed by atoms with Crippen LogP contribution in [0.1, 0.15) is 34.3 Å². The van der Waals surface area contributed by atoms with Crippen LogP contribution in [0, 0.1) is 10.1 Å². The van der Waals surface area contributed by atoms with Crippen LogP contribution in [0.5, 0.6) is 0 Å². The van der Waals surface area contributed by atoms with Crippen molar-refractivity contribution < 1.29 is 4.92 Å². The molecular weight excluding hydrogens is 459 g/mol. The molecule has 1 aliphatic heterocycles. The van der Waals surface area contributed by atoms with Crippen LogP contribution in [0.3, 0.4) is 0 Å². The van der Waals surface area contributed by atoms with Gasteiger partial charge in [0.1, 0.15) is 5.02 Å². The number of hydrogen-bond acceptors (Lipinski definition) is 4. The Morgan fingerprint density at radius 1 is 1.03 bits per heavy atom. The Balaban J connectivity index is 0.00000259. The zero-order valence-electron chi connectivity index (χ0n) is 18.2. The third-order valence-electron chi connectivity index (χ3n) is 6.25. The van der Waals surface area contributed by atoms with Crippen LogP contribution in [-0.2, 0) is 0 Å². The molecule has 0 saturated carbocycles. The lowest BCUT2D eigenvalue weighted by molar-refractivity contribution is -0.384. The van der Waals surface area contributed by atoms with Gasteiger partial charge in [-0.05, 0) is 41.0 Å². The van der Waals surface area contributed by atoms with E-state index in [9.17, 15) is 10.1 Å². The molecule has 2 unspecified atom stereocenters. The Bertz CT molecular complexity index is 1320. The second-order valence-electron chi connectivity index (χ2n) is 8.35. The quantitative estimate of drug-likeness (QED) is 0.274. The molecule has 2 N–H and O–H groups in total. The molecular formula is C25H24Cl2N4O2. The van der Waals surface area contributed by atoms with Gasteiger partial charge in [-0.2, -0.15) is 0 Å². The lowest BCUT2D eigenvalue weighted by Crippen LogP contribution is -2.34. The van der Waals surface area contributed by atoms with E-state index in [0.29, 0.717) is 0 Å². The Labute approximate surface area is 203 Å². The van der Waals surface area contributed by atoms with E-state index in [1.54, 1.807) is 12.1 Å². The van der Waals surface area contributed by atoms with Gasteiger partial charge in [0.05, 0.1) is 11.0 Å². The number of nitrogens with zero attached hydrogens (tertiary/aromatic N) is 2. The van der Waals surface area contributed by atoms with Gasteiger partial charge in [-0.3, -0.25) is 10.1 Å². The Hall–Kier alpha value is -3.06. The van der Waals surface area contributed by atoms with Crippen molar-refractivity contribution in [1.29, 1.82) is 0 Å². The highest BCUT2D eigenvalue weighted by Gasteiger charge is 2.33. The molecule has 0 aliphatic carbocycles. The predicted molar refractivity (Wildman–Crippen MR) is 136 cm³/mol. The summed E-state index contributed by atoms with van der Waals surface area (Å²) >= 11 is 6.06. The number of nitrogens with one attached hydrogen (secondary N) is 2. The molecule has 1 aliphatic rings. The summed E-state index contributed by atoms with van der Waals surface area (Å²) in [4.78, 5) is 16.7. The Kier molecular flexibility index (Phi) is 6.34. The molecule has 0 radical (unpaired) electrons. The maximum absolute atomic E-state index is 11.4. The standard InChI is InChI=1S/C25H23ClN4O2.ClH/c1-29(2)17-10-7-15(8-11-17)19-14-27-24(16-9-12-20(26)22(13-16)30(31)32)25-23(19)18-5-3-4-6-21(18)28-25;/h3-13,19,24,27-28H,14H2,1-2H3;1H. The summed E-state index contributed by atoms with van der Waals surface area (Å²) in [6, 6.07) is 21.7. The largest absolute Gasteiger partial charge is 0.378 e. The van der Waals surface area contributed by atoms with Crippen molar-refractivity contribution in [2.24, 2.45) is 0 Å². The van der Waals surface area contributed by atoms with E-state index in [-0.39, 0.29) is 35.1 Å². The van der Waals surface area contributed by atoms with Gasteiger partial charge in [-0.25, -0.2) is 0 Å². The van der Waals surface area contributed by atoms with Gasteiger partial charge >= 0.3 is 0 Å². The highest BCUT2D eigenvalue weighted by atomic mass is 35.5. The monoisotopic (exact) mass is 482 g/mol. The van der Waals surface area contributed by atoms with Crippen molar-refractivity contribution in [2.75, 3.05) is 25.5 Å². The molecule has 8 heteroatoms. The Morgan fingerprint density at radius 2 is 1.73 bits per heavy atom. The first-order valence-corrected chi connectivity index (χ1v) is 10.9. The number of fused-ring (bicyclic) bond motifs is 3. The molecule has 2 atom stereocenters. The van der Waals surface area contributed by atoms with Gasteiger partial charge in [0.15, 0.2) is 0 Å². The van der Waals surface area contributed by atoms with E-state index in [1.165, 1.54) is 16.5 Å². The number of aromatic amines is 1. The zero-order chi connectivity index (χ0) is 22.4. The molecule has 170 valence electrons. The molecule has 5 rings (SSSR count). The number of H-pyrrole nitrogens is 1. The topological polar surface area (TPSA) is 74.2 Å². The maximum Gasteiger partial charge on any atom is 0.288 e. The van der Waals surface area contributed by atoms with Gasteiger partial charge in [0.2, 0.25) is 0 Å². The van der Waals surface area contributed by atoms with Crippen molar-refractivity contribution >= 4 is 46.3 Å². The zero-order valence-corrected chi connectivity index (χ0v) is 19.8. The van der Waals surface area contributed by atoms with E-state index in [1.807, 2.05) is 32.3 Å². The highest BCUT2D eigenvalue weighted by Crippen LogP contribution is 2.42. The van der Waals surface area contributed by atoms with Crippen molar-refractivity contribution in [3.8, 4) is 0 Å². The first-order chi connectivity index (χ1) is 15.4. The number of rotatable bonds is 4. The average Bonchev–Trinajstić information content (AvgIpc) is 3.18. The molecule has 6 nitrogen and oxygen atoms in total. The van der Waals surface area contributed by atoms with Crippen molar-refractivity contribution in [2.45, 2.75) is 12.0 Å². The lowest BCUT2D eigenvalue weighted by atomic mass is 9.83. The van der Waals surface area contributed by atoms with Crippen LogP contribution in [0.4, 0.5) is 11.4 Å². The minimum Gasteiger partial charge on any atom is -0.378 e. The summed E-state index contributed by atoms with van der Waals surface area (Å²) in [5, 5.41) is 16.4. The number of anilines is 1. The van der Waals surface area contributed by atoms with Crippen molar-refractivity contribution in [1.82, 2.24) is 10.3 Å². The van der Waals surface area contributed by atoms with Gasteiger partial charge < -0.3 is 15.2 Å². The number of benzene rings is 3. The molecule has 0 bridgehead atoms. The SMILES string of the molecule is CN(C)c1ccc(C2CNC(c3ccc(Cl)c([N+](=O)[O-])c3)c3[nH]c4ccccc4c32)cc1.Cl. The molecule has 0 amide bonds. The smallest absolute Gasteiger partial charge is 0.288 e. The summed E-state index contributed by atoms with van der Waals surface area (Å²) in [6.07, 6.45) is 0. The van der Waals surface area contributed by atoms with Gasteiger partial charge in [0, 0.05) is 54.9 Å². The third kappa shape index (κ3) is 4.06. The van der Waals surface area contributed by atoms with Crippen LogP contribution < -0.4 is 10.2 Å². The van der Waals surface area contributed by atoms with Crippen LogP contribution in [0.25, 0.3) is 10.9 Å². The fraction of sp³-hybridized carbons (Fsp3) is 0.200. The number of aromatic nitrogens is 1. The normalized spacial score (nSPS) is 17.3. The molecule has 2 heterocycles. The molecule has 1 aromatic heterocycles. The summed E-state index contributed by atoms with van der Waals surface area (Å²) < 4.78 is 0. The van der Waals surface area contributed by atoms with E-state index in [0.717, 1.165) is 29.0 Å². The second kappa shape index (κ2) is 9.06. The Morgan fingerprint density at radius 3 is 2.42 bits per heavy atom. The number of hydrogen-bond donors (Lipinski definition) is 2. The fourth-order valence-electron chi connectivity index (χ4n) is 4.65. The van der Waals surface area contributed by atoms with E-state index >= 15 is 0 Å². The molecule has 0 fully saturated rings. The van der Waals surface area contributed by atoms with E-state index in [4.69, 9.17) is 11.6 Å². The molecule has 0 spiro atoms. The molecule has 4 aromatic rings. The number of halogens is 2. The fourth-order valence-corrected chi connectivity index (χ4v) is 4.84. The average molecular weight is 483 g/mol. The van der Waals surface area contributed by atoms with Gasteiger partial charge in [-0.1, -0.05) is 48.0 Å². The van der Waals surface area contributed by atoms with Gasteiger partial charge in [-0.15, -0.1) is 12.4 Å². The van der Waals surface area contributed by atoms with Crippen LogP contribution in [-0.4, -0.2) is 30.5 Å². The predicted octanol–water partition coefficient (Wildman–Crippen LogP) is 6.04. The maximum atomic E-state index is 11.4. The summed E-state index contributed by atoms with van der Waals surface area (Å²) in [5.41, 5.74) is 6.46. The summed E-state index contributed by atoms with van der Waals surface area (Å²) in [6.45, 7) is 0.719. The van der Waals surface area contributed by atoms with E-state index < -0.39 is 4.92 Å². The van der Waals surface area contributed by atoms with Crippen molar-refractivity contribution in [3.63, 3.8) is 0 Å². The summed E-state index contributed by atoms with van der Waals surface area (Å²) in [5.74, 6) is 0.163. The minimum absolute atomic E-state index is 0. The van der Waals surface area contributed by atoms with E-state index in [2.05, 4.69) is 51.6 Å². The first-order valence-electron chi connectivity index (χ1n) is 10.5. The number of nitro benzene ring substituents is 1. The molecule has 0 saturated heterocycles. The summed E-state index contributed by atoms with van der Waals surface area (Å²) in [7, 11) is 4.07. The molecule has 3 aromatic carbocycles. The van der Waals surface area contributed by atoms with Crippen LogP contribution >= 0.6 is 24.0 Å². The van der Waals surface area contributed by atoms with Crippen molar-refractivity contribution in [3.05, 3.63) is 104 Å². The van der Waals surface area contributed by atoms with Gasteiger partial charge in [0.25, 0.3) is 5.69 Å². The van der Waals surface area contributed by atoms with Crippen LogP contribution in [0.15, 0.2) is 66.7 Å². The minimum atomic E-state index is -0.435. The number of nitro groups is 1. The lowest BCUT2D eigenvalue weighted by Gasteiger charge is -2.31. The first kappa shape index (κ1) is 23.1.